The van der Waals surface area contributed by atoms with Gasteiger partial charge in [0.15, 0.2) is 0 Å². The van der Waals surface area contributed by atoms with E-state index in [4.69, 9.17) is 4.74 Å². The molecule has 1 aliphatic heterocycles. The van der Waals surface area contributed by atoms with Gasteiger partial charge in [0, 0.05) is 6.42 Å². The third-order valence-corrected chi connectivity index (χ3v) is 4.17. The lowest BCUT2D eigenvalue weighted by Gasteiger charge is -2.18. The highest BCUT2D eigenvalue weighted by molar-refractivity contribution is 5.69. The van der Waals surface area contributed by atoms with E-state index in [1.54, 1.807) is 12.2 Å². The number of rotatable bonds is 7. The first-order chi connectivity index (χ1) is 10.6. The van der Waals surface area contributed by atoms with Crippen LogP contribution >= 0.6 is 0 Å². The van der Waals surface area contributed by atoms with E-state index < -0.39 is 12.2 Å². The van der Waals surface area contributed by atoms with Crippen molar-refractivity contribution in [3.05, 3.63) is 12.2 Å². The van der Waals surface area contributed by atoms with Gasteiger partial charge in [-0.3, -0.25) is 4.79 Å². The lowest BCUT2D eigenvalue weighted by molar-refractivity contribution is -0.147. The Hall–Kier alpha value is -0.870. The minimum atomic E-state index is -0.883. The Labute approximate surface area is 134 Å². The number of aliphatic hydroxyl groups is 2. The topological polar surface area (TPSA) is 66.8 Å². The standard InChI is InChI=1S/C18H32O4/c1-2-3-7-11-16(19)17(20)14-13-15-10-8-5-4-6-9-12-18(21)22-15/h13-17,19-20H,2-12H2,1H3. The first-order valence-corrected chi connectivity index (χ1v) is 8.87. The third kappa shape index (κ3) is 8.54. The molecule has 0 spiro atoms. The van der Waals surface area contributed by atoms with Crippen molar-refractivity contribution in [2.75, 3.05) is 0 Å². The summed E-state index contributed by atoms with van der Waals surface area (Å²) in [5.74, 6) is -0.158. The molecular weight excluding hydrogens is 280 g/mol. The molecule has 128 valence electrons. The summed E-state index contributed by atoms with van der Waals surface area (Å²) in [4.78, 5) is 11.7. The zero-order valence-corrected chi connectivity index (χ0v) is 13.9. The maximum Gasteiger partial charge on any atom is 0.306 e. The number of unbranched alkanes of at least 4 members (excludes halogenated alkanes) is 2. The minimum absolute atomic E-state index is 0.158. The number of ether oxygens (including phenoxy) is 1. The number of aliphatic hydroxyl groups excluding tert-OH is 2. The fourth-order valence-electron chi connectivity index (χ4n) is 2.71. The highest BCUT2D eigenvalue weighted by Crippen LogP contribution is 2.16. The number of hydrogen-bond acceptors (Lipinski definition) is 4. The van der Waals surface area contributed by atoms with Crippen LogP contribution in [0.1, 0.15) is 77.6 Å². The zero-order valence-electron chi connectivity index (χ0n) is 13.9. The van der Waals surface area contributed by atoms with Crippen LogP contribution in [0.4, 0.5) is 0 Å². The molecule has 1 rings (SSSR count). The molecule has 3 atom stereocenters. The van der Waals surface area contributed by atoms with Crippen LogP contribution in [-0.4, -0.2) is 34.5 Å². The summed E-state index contributed by atoms with van der Waals surface area (Å²) in [5.41, 5.74) is 0. The molecule has 4 nitrogen and oxygen atoms in total. The van der Waals surface area contributed by atoms with Gasteiger partial charge in [-0.25, -0.2) is 0 Å². The molecular formula is C18H32O4. The summed E-state index contributed by atoms with van der Waals surface area (Å²) in [6, 6.07) is 0. The van der Waals surface area contributed by atoms with Crippen molar-refractivity contribution in [1.82, 2.24) is 0 Å². The number of esters is 1. The largest absolute Gasteiger partial charge is 0.458 e. The van der Waals surface area contributed by atoms with Gasteiger partial charge in [-0.1, -0.05) is 51.5 Å². The van der Waals surface area contributed by atoms with E-state index in [0.29, 0.717) is 12.8 Å². The lowest BCUT2D eigenvalue weighted by Crippen LogP contribution is -2.24. The molecule has 0 aromatic heterocycles. The van der Waals surface area contributed by atoms with Crippen LogP contribution < -0.4 is 0 Å². The average Bonchev–Trinajstić information content (AvgIpc) is 2.51. The molecule has 0 aromatic carbocycles. The summed E-state index contributed by atoms with van der Waals surface area (Å²) in [6.45, 7) is 2.11. The summed E-state index contributed by atoms with van der Waals surface area (Å²) < 4.78 is 5.44. The Morgan fingerprint density at radius 1 is 1.18 bits per heavy atom. The van der Waals surface area contributed by atoms with Gasteiger partial charge in [0.05, 0.1) is 12.2 Å². The average molecular weight is 312 g/mol. The highest BCUT2D eigenvalue weighted by atomic mass is 16.5. The van der Waals surface area contributed by atoms with Crippen molar-refractivity contribution < 1.29 is 19.7 Å². The summed E-state index contributed by atoms with van der Waals surface area (Å²) in [5, 5.41) is 19.9. The van der Waals surface area contributed by atoms with Crippen LogP contribution in [0, 0.1) is 0 Å². The summed E-state index contributed by atoms with van der Waals surface area (Å²) in [7, 11) is 0. The second kappa shape index (κ2) is 11.7. The molecule has 0 radical (unpaired) electrons. The van der Waals surface area contributed by atoms with E-state index in [1.165, 1.54) is 6.42 Å². The summed E-state index contributed by atoms with van der Waals surface area (Å²) in [6.07, 6.45) is 11.7. The molecule has 0 bridgehead atoms. The van der Waals surface area contributed by atoms with Gasteiger partial charge in [0.2, 0.25) is 0 Å². The first-order valence-electron chi connectivity index (χ1n) is 8.87. The van der Waals surface area contributed by atoms with E-state index in [2.05, 4.69) is 6.92 Å². The second-order valence-corrected chi connectivity index (χ2v) is 6.27. The highest BCUT2D eigenvalue weighted by Gasteiger charge is 2.16. The zero-order chi connectivity index (χ0) is 16.2. The SMILES string of the molecule is CCCCCC(O)C(O)C=CC1CCCCCCCC(=O)O1. The van der Waals surface area contributed by atoms with Gasteiger partial charge in [-0.05, 0) is 31.8 Å². The Kier molecular flexibility index (Phi) is 10.2. The van der Waals surface area contributed by atoms with E-state index in [1.807, 2.05) is 0 Å². The predicted octanol–water partition coefficient (Wildman–Crippen LogP) is 3.50. The molecule has 0 aliphatic carbocycles. The quantitative estimate of drug-likeness (QED) is 0.429. The van der Waals surface area contributed by atoms with Gasteiger partial charge in [0.25, 0.3) is 0 Å². The van der Waals surface area contributed by atoms with E-state index in [9.17, 15) is 15.0 Å². The van der Waals surface area contributed by atoms with E-state index in [0.717, 1.165) is 51.4 Å². The monoisotopic (exact) mass is 312 g/mol. The van der Waals surface area contributed by atoms with Gasteiger partial charge in [0.1, 0.15) is 6.10 Å². The first kappa shape index (κ1) is 19.2. The van der Waals surface area contributed by atoms with Gasteiger partial charge in [-0.15, -0.1) is 0 Å². The smallest absolute Gasteiger partial charge is 0.306 e. The molecule has 3 unspecified atom stereocenters. The minimum Gasteiger partial charge on any atom is -0.458 e. The normalized spacial score (nSPS) is 24.0. The van der Waals surface area contributed by atoms with E-state index >= 15 is 0 Å². The molecule has 1 saturated heterocycles. The van der Waals surface area contributed by atoms with E-state index in [-0.39, 0.29) is 12.1 Å². The molecule has 2 N–H and O–H groups in total. The van der Waals surface area contributed by atoms with Crippen LogP contribution in [0.3, 0.4) is 0 Å². The molecule has 0 amide bonds. The van der Waals surface area contributed by atoms with Crippen LogP contribution in [0.25, 0.3) is 0 Å². The number of hydrogen-bond donors (Lipinski definition) is 2. The van der Waals surface area contributed by atoms with Crippen molar-refractivity contribution in [2.45, 2.75) is 95.9 Å². The van der Waals surface area contributed by atoms with Crippen LogP contribution in [-0.2, 0) is 9.53 Å². The maximum atomic E-state index is 11.7. The molecule has 0 aromatic rings. The van der Waals surface area contributed by atoms with Crippen molar-refractivity contribution in [3.63, 3.8) is 0 Å². The number of carbonyl (C=O) groups is 1. The van der Waals surface area contributed by atoms with Gasteiger partial charge >= 0.3 is 5.97 Å². The van der Waals surface area contributed by atoms with Crippen LogP contribution in [0.2, 0.25) is 0 Å². The second-order valence-electron chi connectivity index (χ2n) is 6.27. The fourth-order valence-corrected chi connectivity index (χ4v) is 2.71. The third-order valence-electron chi connectivity index (χ3n) is 4.17. The lowest BCUT2D eigenvalue weighted by atomic mass is 10.0. The Bertz CT molecular complexity index is 327. The molecule has 22 heavy (non-hydrogen) atoms. The Morgan fingerprint density at radius 2 is 1.91 bits per heavy atom. The van der Waals surface area contributed by atoms with Gasteiger partial charge in [-0.2, -0.15) is 0 Å². The molecule has 0 saturated carbocycles. The molecule has 1 heterocycles. The Morgan fingerprint density at radius 3 is 2.68 bits per heavy atom. The molecule has 1 fully saturated rings. The molecule has 1 aliphatic rings. The van der Waals surface area contributed by atoms with Crippen molar-refractivity contribution in [3.8, 4) is 0 Å². The fraction of sp³-hybridized carbons (Fsp3) is 0.833. The summed E-state index contributed by atoms with van der Waals surface area (Å²) >= 11 is 0. The van der Waals surface area contributed by atoms with Crippen molar-refractivity contribution in [1.29, 1.82) is 0 Å². The Balaban J connectivity index is 2.43. The number of cyclic esters (lactones) is 1. The van der Waals surface area contributed by atoms with Crippen molar-refractivity contribution in [2.24, 2.45) is 0 Å². The predicted molar refractivity (Wildman–Crippen MR) is 87.5 cm³/mol. The van der Waals surface area contributed by atoms with Crippen LogP contribution in [0.15, 0.2) is 12.2 Å². The van der Waals surface area contributed by atoms with Gasteiger partial charge < -0.3 is 14.9 Å². The van der Waals surface area contributed by atoms with Crippen molar-refractivity contribution >= 4 is 5.97 Å². The maximum absolute atomic E-state index is 11.7. The molecule has 4 heteroatoms. The number of carbonyl (C=O) groups excluding carboxylic acids is 1. The van der Waals surface area contributed by atoms with Crippen LogP contribution in [0.5, 0.6) is 0 Å².